The highest BCUT2D eigenvalue weighted by atomic mass is 32.2. The largest absolute Gasteiger partial charge is 0.480 e. The van der Waals surface area contributed by atoms with Gasteiger partial charge >= 0.3 is 5.97 Å². The van der Waals surface area contributed by atoms with E-state index in [1.807, 2.05) is 0 Å². The fourth-order valence-electron chi connectivity index (χ4n) is 2.66. The summed E-state index contributed by atoms with van der Waals surface area (Å²) >= 11 is 6.37. The Hall–Kier alpha value is -0.660. The lowest BCUT2D eigenvalue weighted by atomic mass is 9.83. The molecule has 1 saturated carbocycles. The first-order chi connectivity index (χ1) is 9.06. The molecule has 106 valence electrons. The average molecular weight is 303 g/mol. The maximum absolute atomic E-state index is 11.7. The lowest BCUT2D eigenvalue weighted by Gasteiger charge is -2.32. The van der Waals surface area contributed by atoms with Crippen molar-refractivity contribution in [2.45, 2.75) is 43.5 Å². The molecular weight excluding hydrogens is 286 g/mol. The number of carboxylic acids is 1. The van der Waals surface area contributed by atoms with E-state index in [2.05, 4.69) is 5.32 Å². The third-order valence-electron chi connectivity index (χ3n) is 3.54. The van der Waals surface area contributed by atoms with Gasteiger partial charge in [-0.3, -0.25) is 4.79 Å². The molecule has 0 aromatic rings. The Balaban J connectivity index is 1.90. The highest BCUT2D eigenvalue weighted by Gasteiger charge is 2.35. The number of thioether (sulfide) groups is 1. The first-order valence-corrected chi connectivity index (χ1v) is 7.70. The van der Waals surface area contributed by atoms with Gasteiger partial charge in [-0.15, -0.1) is 0 Å². The Morgan fingerprint density at radius 3 is 2.84 bits per heavy atom. The van der Waals surface area contributed by atoms with Crippen molar-refractivity contribution in [2.24, 2.45) is 5.92 Å². The molecule has 1 heterocycles. The summed E-state index contributed by atoms with van der Waals surface area (Å²) in [6, 6.07) is 0. The molecule has 0 spiro atoms. The number of carbonyl (C=O) groups is 2. The van der Waals surface area contributed by atoms with Crippen LogP contribution in [0, 0.1) is 5.92 Å². The normalized spacial score (nSPS) is 31.3. The Bertz CT molecular complexity index is 388. The minimum atomic E-state index is -0.946. The predicted octanol–water partition coefficient (Wildman–Crippen LogP) is 1.55. The second-order valence-electron chi connectivity index (χ2n) is 4.91. The fraction of sp³-hybridized carbons (Fsp3) is 0.750. The van der Waals surface area contributed by atoms with Gasteiger partial charge in [-0.05, 0) is 25.2 Å². The van der Waals surface area contributed by atoms with Gasteiger partial charge in [-0.25, -0.2) is 4.79 Å². The molecule has 19 heavy (non-hydrogen) atoms. The molecule has 2 aliphatic rings. The molecule has 1 aliphatic carbocycles. The van der Waals surface area contributed by atoms with E-state index in [-0.39, 0.29) is 29.8 Å². The molecule has 2 rings (SSSR count). The molecule has 0 aromatic carbocycles. The number of carboxylic acid groups (broad SMARTS) is 1. The van der Waals surface area contributed by atoms with Gasteiger partial charge in [-0.2, -0.15) is 0 Å². The van der Waals surface area contributed by atoms with Crippen LogP contribution in [0.3, 0.4) is 0 Å². The number of ether oxygens (including phenoxy) is 1. The molecule has 0 bridgehead atoms. The van der Waals surface area contributed by atoms with Crippen LogP contribution in [0.4, 0.5) is 0 Å². The number of aliphatic carboxylic acids is 1. The number of thiocarbonyl (C=S) groups is 1. The molecule has 7 heteroatoms. The zero-order chi connectivity index (χ0) is 13.8. The Labute approximate surface area is 121 Å². The topological polar surface area (TPSA) is 75.6 Å². The lowest BCUT2D eigenvalue weighted by molar-refractivity contribution is -0.146. The summed E-state index contributed by atoms with van der Waals surface area (Å²) in [6.45, 7) is -0.260. The van der Waals surface area contributed by atoms with Crippen molar-refractivity contribution in [2.75, 3.05) is 6.61 Å². The highest BCUT2D eigenvalue weighted by Crippen LogP contribution is 2.34. The van der Waals surface area contributed by atoms with Gasteiger partial charge in [0.15, 0.2) is 0 Å². The summed E-state index contributed by atoms with van der Waals surface area (Å²) in [7, 11) is 0. The second kappa shape index (κ2) is 6.67. The van der Waals surface area contributed by atoms with Crippen LogP contribution < -0.4 is 5.32 Å². The van der Waals surface area contributed by atoms with E-state index < -0.39 is 5.97 Å². The van der Waals surface area contributed by atoms with Crippen LogP contribution in [0.5, 0.6) is 0 Å². The summed E-state index contributed by atoms with van der Waals surface area (Å²) in [5.74, 6) is -0.728. The smallest absolute Gasteiger partial charge is 0.329 e. The van der Waals surface area contributed by atoms with Crippen LogP contribution in [-0.4, -0.2) is 39.3 Å². The van der Waals surface area contributed by atoms with E-state index in [4.69, 9.17) is 22.1 Å². The van der Waals surface area contributed by atoms with E-state index >= 15 is 0 Å². The number of nitrogens with one attached hydrogen (secondary N) is 1. The summed E-state index contributed by atoms with van der Waals surface area (Å²) in [5.41, 5.74) is 0. The van der Waals surface area contributed by atoms with Crippen molar-refractivity contribution in [3.05, 3.63) is 0 Å². The maximum atomic E-state index is 11.7. The van der Waals surface area contributed by atoms with Crippen molar-refractivity contribution < 1.29 is 19.4 Å². The van der Waals surface area contributed by atoms with Crippen molar-refractivity contribution in [3.8, 4) is 0 Å². The van der Waals surface area contributed by atoms with Gasteiger partial charge in [0.05, 0.1) is 11.4 Å². The monoisotopic (exact) mass is 303 g/mol. The van der Waals surface area contributed by atoms with E-state index in [1.54, 1.807) is 0 Å². The molecule has 0 aromatic heterocycles. The number of amides is 1. The molecule has 1 saturated heterocycles. The van der Waals surface area contributed by atoms with E-state index in [9.17, 15) is 9.59 Å². The van der Waals surface area contributed by atoms with Gasteiger partial charge in [0, 0.05) is 0 Å². The molecule has 2 fully saturated rings. The van der Waals surface area contributed by atoms with Gasteiger partial charge < -0.3 is 15.2 Å². The van der Waals surface area contributed by atoms with Crippen LogP contribution in [0.15, 0.2) is 0 Å². The molecule has 1 amide bonds. The number of carbonyl (C=O) groups excluding carboxylic acids is 1. The van der Waals surface area contributed by atoms with Crippen molar-refractivity contribution >= 4 is 40.2 Å². The van der Waals surface area contributed by atoms with Crippen molar-refractivity contribution in [1.82, 2.24) is 5.32 Å². The molecule has 1 unspecified atom stereocenters. The summed E-state index contributed by atoms with van der Waals surface area (Å²) in [5, 5.41) is 11.2. The first-order valence-electron chi connectivity index (χ1n) is 6.41. The molecule has 0 radical (unpaired) electrons. The lowest BCUT2D eigenvalue weighted by Crippen LogP contribution is -2.34. The first kappa shape index (κ1) is 14.7. The van der Waals surface area contributed by atoms with Crippen LogP contribution in [0.1, 0.15) is 32.1 Å². The van der Waals surface area contributed by atoms with Crippen LogP contribution in [-0.2, 0) is 14.3 Å². The number of hydrogen-bond acceptors (Lipinski definition) is 5. The summed E-state index contributed by atoms with van der Waals surface area (Å²) < 4.78 is 5.99. The maximum Gasteiger partial charge on any atom is 0.329 e. The third kappa shape index (κ3) is 4.15. The van der Waals surface area contributed by atoms with Crippen molar-refractivity contribution in [3.63, 3.8) is 0 Å². The quantitative estimate of drug-likeness (QED) is 0.751. The third-order valence-corrected chi connectivity index (χ3v) is 4.94. The standard InChI is InChI=1S/C12H17NO4S2/c14-10(15)6-17-8-4-2-1-3-7(8)5-9-11(16)13-12(18)19-9/h7-9H,1-6H2,(H,14,15)(H,13,16,18)/t7-,8?,9-/m1/s1. The highest BCUT2D eigenvalue weighted by molar-refractivity contribution is 8.24. The minimum absolute atomic E-state index is 0.0300. The zero-order valence-corrected chi connectivity index (χ0v) is 12.1. The molecule has 5 nitrogen and oxygen atoms in total. The van der Waals surface area contributed by atoms with Crippen molar-refractivity contribution in [1.29, 1.82) is 0 Å². The molecule has 1 aliphatic heterocycles. The van der Waals surface area contributed by atoms with E-state index in [0.717, 1.165) is 25.7 Å². The van der Waals surface area contributed by atoms with Crippen LogP contribution >= 0.6 is 24.0 Å². The Morgan fingerprint density at radius 2 is 2.21 bits per heavy atom. The summed E-state index contributed by atoms with van der Waals surface area (Å²) in [6.07, 6.45) is 4.70. The van der Waals surface area contributed by atoms with Gasteiger partial charge in [-0.1, -0.05) is 36.8 Å². The van der Waals surface area contributed by atoms with Gasteiger partial charge in [0.1, 0.15) is 10.9 Å². The molecule has 3 atom stereocenters. The average Bonchev–Trinajstić information content (AvgIpc) is 2.67. The number of rotatable bonds is 5. The fourth-order valence-corrected chi connectivity index (χ4v) is 4.04. The number of hydrogen-bond donors (Lipinski definition) is 2. The second-order valence-corrected chi connectivity index (χ2v) is 6.79. The SMILES string of the molecule is O=C(O)COC1CCCC[C@@H]1C[C@H]1SC(=S)NC1=O. The Morgan fingerprint density at radius 1 is 1.47 bits per heavy atom. The van der Waals surface area contributed by atoms with Gasteiger partial charge in [0.2, 0.25) is 5.91 Å². The predicted molar refractivity (Wildman–Crippen MR) is 76.1 cm³/mol. The van der Waals surface area contributed by atoms with Crippen LogP contribution in [0.2, 0.25) is 0 Å². The zero-order valence-electron chi connectivity index (χ0n) is 10.5. The van der Waals surface area contributed by atoms with E-state index in [0.29, 0.717) is 10.7 Å². The van der Waals surface area contributed by atoms with E-state index in [1.165, 1.54) is 11.8 Å². The molecule has 2 N–H and O–H groups in total. The minimum Gasteiger partial charge on any atom is -0.480 e. The van der Waals surface area contributed by atoms with Gasteiger partial charge in [0.25, 0.3) is 0 Å². The molecular formula is C12H17NO4S2. The van der Waals surface area contributed by atoms with Crippen LogP contribution in [0.25, 0.3) is 0 Å². The summed E-state index contributed by atoms with van der Waals surface area (Å²) in [4.78, 5) is 22.3. The Kier molecular flexibility index (Phi) is 5.18.